The first-order valence-electron chi connectivity index (χ1n) is 9.51. The number of anilines is 1. The molecule has 1 N–H and O–H groups in total. The van der Waals surface area contributed by atoms with Crippen LogP contribution >= 0.6 is 0 Å². The molecule has 0 fully saturated rings. The minimum Gasteiger partial charge on any atom is -0.495 e. The van der Waals surface area contributed by atoms with Gasteiger partial charge in [0.1, 0.15) is 23.9 Å². The molecule has 0 atom stereocenters. The average molecular weight is 391 g/mol. The number of benzene rings is 3. The van der Waals surface area contributed by atoms with Gasteiger partial charge in [0.15, 0.2) is 0 Å². The Labute approximate surface area is 171 Å². The summed E-state index contributed by atoms with van der Waals surface area (Å²) < 4.78 is 17.0. The van der Waals surface area contributed by atoms with E-state index < -0.39 is 0 Å². The Kier molecular flexibility index (Phi) is 6.74. The second kappa shape index (κ2) is 9.64. The molecule has 0 heterocycles. The van der Waals surface area contributed by atoms with Crippen molar-refractivity contribution in [2.24, 2.45) is 0 Å². The lowest BCUT2D eigenvalue weighted by Crippen LogP contribution is -2.13. The predicted molar refractivity (Wildman–Crippen MR) is 114 cm³/mol. The highest BCUT2D eigenvalue weighted by molar-refractivity contribution is 6.05. The van der Waals surface area contributed by atoms with Crippen LogP contribution in [-0.2, 0) is 6.61 Å². The summed E-state index contributed by atoms with van der Waals surface area (Å²) in [6, 6.07) is 20.5. The highest BCUT2D eigenvalue weighted by atomic mass is 16.5. The summed E-state index contributed by atoms with van der Waals surface area (Å²) in [6.45, 7) is 4.75. The molecule has 0 aliphatic heterocycles. The third kappa shape index (κ3) is 5.08. The van der Waals surface area contributed by atoms with Crippen molar-refractivity contribution in [1.29, 1.82) is 0 Å². The van der Waals surface area contributed by atoms with Crippen molar-refractivity contribution in [3.63, 3.8) is 0 Å². The second-order valence-corrected chi connectivity index (χ2v) is 6.46. The van der Waals surface area contributed by atoms with E-state index >= 15 is 0 Å². The third-order valence-corrected chi connectivity index (χ3v) is 4.45. The maximum Gasteiger partial charge on any atom is 0.255 e. The Morgan fingerprint density at radius 2 is 1.62 bits per heavy atom. The van der Waals surface area contributed by atoms with Crippen molar-refractivity contribution < 1.29 is 19.0 Å². The zero-order valence-electron chi connectivity index (χ0n) is 16.9. The van der Waals surface area contributed by atoms with Crippen molar-refractivity contribution >= 4 is 11.6 Å². The zero-order valence-corrected chi connectivity index (χ0v) is 16.9. The second-order valence-electron chi connectivity index (χ2n) is 6.46. The fourth-order valence-corrected chi connectivity index (χ4v) is 2.95. The summed E-state index contributed by atoms with van der Waals surface area (Å²) in [5, 5.41) is 2.89. The summed E-state index contributed by atoms with van der Waals surface area (Å²) in [5.74, 6) is 1.89. The van der Waals surface area contributed by atoms with Crippen LogP contribution in [0.5, 0.6) is 17.2 Å². The number of hydrogen-bond acceptors (Lipinski definition) is 4. The number of aryl methyl sites for hydroxylation is 1. The van der Waals surface area contributed by atoms with Crippen LogP contribution in [0.4, 0.5) is 5.69 Å². The molecule has 0 unspecified atom stereocenters. The number of ether oxygens (including phenoxy) is 3. The van der Waals surface area contributed by atoms with Crippen LogP contribution < -0.4 is 19.5 Å². The quantitative estimate of drug-likeness (QED) is 0.571. The van der Waals surface area contributed by atoms with Crippen LogP contribution in [0, 0.1) is 6.92 Å². The Morgan fingerprint density at radius 3 is 2.34 bits per heavy atom. The van der Waals surface area contributed by atoms with Gasteiger partial charge in [0.25, 0.3) is 5.91 Å². The largest absolute Gasteiger partial charge is 0.495 e. The molecule has 0 saturated heterocycles. The van der Waals surface area contributed by atoms with E-state index in [0.717, 1.165) is 16.9 Å². The zero-order chi connectivity index (χ0) is 20.6. The van der Waals surface area contributed by atoms with Crippen LogP contribution in [0.25, 0.3) is 0 Å². The standard InChI is InChI=1S/C24H25NO4/c1-4-28-22-14-13-18(24(26)25-20-10-6-8-12-23(20)27-3)15-19(22)16-29-21-11-7-5-9-17(21)2/h5-15H,4,16H2,1-3H3,(H,25,26). The number of methoxy groups -OCH3 is 1. The van der Waals surface area contributed by atoms with Crippen molar-refractivity contribution in [3.8, 4) is 17.2 Å². The Bertz CT molecular complexity index is 984. The topological polar surface area (TPSA) is 56.8 Å². The molecule has 0 spiro atoms. The molecule has 0 aromatic heterocycles. The molecule has 5 nitrogen and oxygen atoms in total. The molecular weight excluding hydrogens is 366 g/mol. The van der Waals surface area contributed by atoms with E-state index in [1.807, 2.05) is 50.2 Å². The van der Waals surface area contributed by atoms with Gasteiger partial charge in [-0.15, -0.1) is 0 Å². The van der Waals surface area contributed by atoms with Gasteiger partial charge < -0.3 is 19.5 Å². The monoisotopic (exact) mass is 391 g/mol. The number of amides is 1. The fourth-order valence-electron chi connectivity index (χ4n) is 2.95. The van der Waals surface area contributed by atoms with E-state index in [1.165, 1.54) is 0 Å². The molecule has 0 radical (unpaired) electrons. The minimum atomic E-state index is -0.227. The van der Waals surface area contributed by atoms with E-state index in [1.54, 1.807) is 37.4 Å². The molecule has 0 bridgehead atoms. The summed E-state index contributed by atoms with van der Waals surface area (Å²) in [4.78, 5) is 12.8. The Morgan fingerprint density at radius 1 is 0.897 bits per heavy atom. The van der Waals surface area contributed by atoms with Gasteiger partial charge in [0, 0.05) is 11.1 Å². The van der Waals surface area contributed by atoms with Gasteiger partial charge in [-0.05, 0) is 55.8 Å². The van der Waals surface area contributed by atoms with Crippen LogP contribution in [0.15, 0.2) is 66.7 Å². The normalized spacial score (nSPS) is 10.3. The molecule has 1 amide bonds. The first kappa shape index (κ1) is 20.3. The first-order valence-corrected chi connectivity index (χ1v) is 9.51. The third-order valence-electron chi connectivity index (χ3n) is 4.45. The molecule has 3 rings (SSSR count). The van der Waals surface area contributed by atoms with E-state index in [4.69, 9.17) is 14.2 Å². The van der Waals surface area contributed by atoms with Gasteiger partial charge >= 0.3 is 0 Å². The van der Waals surface area contributed by atoms with Crippen molar-refractivity contribution in [2.45, 2.75) is 20.5 Å². The lowest BCUT2D eigenvalue weighted by molar-refractivity contribution is 0.102. The van der Waals surface area contributed by atoms with Crippen molar-refractivity contribution in [1.82, 2.24) is 0 Å². The van der Waals surface area contributed by atoms with Crippen LogP contribution in [0.2, 0.25) is 0 Å². The molecular formula is C24H25NO4. The van der Waals surface area contributed by atoms with Crippen LogP contribution in [0.1, 0.15) is 28.4 Å². The highest BCUT2D eigenvalue weighted by Crippen LogP contribution is 2.26. The number of hydrogen-bond donors (Lipinski definition) is 1. The molecule has 0 aliphatic rings. The molecule has 29 heavy (non-hydrogen) atoms. The van der Waals surface area contributed by atoms with Crippen molar-refractivity contribution in [3.05, 3.63) is 83.4 Å². The fraction of sp³-hybridized carbons (Fsp3) is 0.208. The van der Waals surface area contributed by atoms with Gasteiger partial charge in [-0.3, -0.25) is 4.79 Å². The van der Waals surface area contributed by atoms with Gasteiger partial charge in [0.2, 0.25) is 0 Å². The molecule has 0 saturated carbocycles. The average Bonchev–Trinajstić information content (AvgIpc) is 2.74. The molecule has 5 heteroatoms. The van der Waals surface area contributed by atoms with E-state index in [2.05, 4.69) is 5.32 Å². The maximum atomic E-state index is 12.8. The lowest BCUT2D eigenvalue weighted by atomic mass is 10.1. The Balaban J connectivity index is 1.81. The molecule has 3 aromatic rings. The Hall–Kier alpha value is -3.47. The van der Waals surface area contributed by atoms with Gasteiger partial charge in [0.05, 0.1) is 19.4 Å². The van der Waals surface area contributed by atoms with Gasteiger partial charge in [-0.2, -0.15) is 0 Å². The number of rotatable bonds is 8. The SMILES string of the molecule is CCOc1ccc(C(=O)Nc2ccccc2OC)cc1COc1ccccc1C. The van der Waals surface area contributed by atoms with Gasteiger partial charge in [-0.1, -0.05) is 30.3 Å². The number of nitrogens with one attached hydrogen (secondary N) is 1. The highest BCUT2D eigenvalue weighted by Gasteiger charge is 2.13. The maximum absolute atomic E-state index is 12.8. The molecule has 150 valence electrons. The summed E-state index contributed by atoms with van der Waals surface area (Å²) in [6.07, 6.45) is 0. The summed E-state index contributed by atoms with van der Waals surface area (Å²) >= 11 is 0. The molecule has 0 aliphatic carbocycles. The van der Waals surface area contributed by atoms with E-state index in [9.17, 15) is 4.79 Å². The smallest absolute Gasteiger partial charge is 0.255 e. The lowest BCUT2D eigenvalue weighted by Gasteiger charge is -2.15. The minimum absolute atomic E-state index is 0.227. The van der Waals surface area contributed by atoms with Crippen molar-refractivity contribution in [2.75, 3.05) is 19.0 Å². The summed E-state index contributed by atoms with van der Waals surface area (Å²) in [7, 11) is 1.57. The number of carbonyl (C=O) groups is 1. The summed E-state index contributed by atoms with van der Waals surface area (Å²) in [5.41, 5.74) is 2.99. The van der Waals surface area contributed by atoms with Crippen LogP contribution in [-0.4, -0.2) is 19.6 Å². The van der Waals surface area contributed by atoms with E-state index in [0.29, 0.717) is 36.0 Å². The van der Waals surface area contributed by atoms with Crippen LogP contribution in [0.3, 0.4) is 0 Å². The van der Waals surface area contributed by atoms with Gasteiger partial charge in [-0.25, -0.2) is 0 Å². The number of carbonyl (C=O) groups excluding carboxylic acids is 1. The molecule has 3 aromatic carbocycles. The number of para-hydroxylation sites is 3. The first-order chi connectivity index (χ1) is 14.1. The predicted octanol–water partition coefficient (Wildman–Crippen LogP) is 5.23. The van der Waals surface area contributed by atoms with E-state index in [-0.39, 0.29) is 5.91 Å².